The molecule has 0 saturated carbocycles. The fourth-order valence-electron chi connectivity index (χ4n) is 3.01. The van der Waals surface area contributed by atoms with Crippen molar-refractivity contribution in [1.82, 2.24) is 0 Å². The van der Waals surface area contributed by atoms with E-state index in [0.717, 1.165) is 17.4 Å². The standard InChI is InChI=1S/C16H16N.C6H6N.CH3.Al/c1-3-14-8-10-16(11-9-14)17-12-15-7-5-4-6-13(15)2;7-6-4-2-1-3-5-6;;/h4-12H,2-3H2,1H3;1-5,7H;1H3;/q;-1;;+1. The number of nitrogens with zero attached hydrogens (tertiary/aromatic N) is 1. The lowest BCUT2D eigenvalue weighted by Gasteiger charge is -2.12. The summed E-state index contributed by atoms with van der Waals surface area (Å²) >= 11 is -1.11. The molecule has 0 aliphatic carbocycles. The van der Waals surface area contributed by atoms with E-state index in [-0.39, 0.29) is 0 Å². The fourth-order valence-corrected chi connectivity index (χ4v) is 4.90. The highest BCUT2D eigenvalue weighted by atomic mass is 27.2. The van der Waals surface area contributed by atoms with E-state index in [4.69, 9.17) is 0 Å². The molecule has 0 aromatic heterocycles. The number of benzene rings is 3. The lowest BCUT2D eigenvalue weighted by atomic mass is 10.1. The molecule has 3 rings (SSSR count). The van der Waals surface area contributed by atoms with Gasteiger partial charge >= 0.3 is 14.4 Å². The molecule has 0 radical (unpaired) electrons. The van der Waals surface area contributed by atoms with Crippen LogP contribution in [0.1, 0.15) is 23.6 Å². The minimum atomic E-state index is -1.11. The Labute approximate surface area is 161 Å². The van der Waals surface area contributed by atoms with E-state index < -0.39 is 14.4 Å². The summed E-state index contributed by atoms with van der Waals surface area (Å²) in [6.07, 6.45) is 3.06. The van der Waals surface area contributed by atoms with Crippen LogP contribution in [0.15, 0.2) is 83.9 Å². The van der Waals surface area contributed by atoms with Gasteiger partial charge in [0, 0.05) is 11.9 Å². The average molecular weight is 356 g/mol. The number of rotatable bonds is 7. The highest BCUT2D eigenvalue weighted by Crippen LogP contribution is 2.16. The Kier molecular flexibility index (Phi) is 6.66. The maximum absolute atomic E-state index is 4.67. The quantitative estimate of drug-likeness (QED) is 0.419. The Balaban J connectivity index is 1.70. The summed E-state index contributed by atoms with van der Waals surface area (Å²) < 4.78 is 3.70. The molecule has 3 heteroatoms. The molecule has 0 aliphatic heterocycles. The summed E-state index contributed by atoms with van der Waals surface area (Å²) in [6, 6.07) is 27.5. The van der Waals surface area contributed by atoms with Gasteiger partial charge in [0.1, 0.15) is 0 Å². The number of hydrogen-bond acceptors (Lipinski definition) is 2. The number of anilines is 1. The summed E-state index contributed by atoms with van der Waals surface area (Å²) in [7, 11) is 0. The van der Waals surface area contributed by atoms with E-state index in [9.17, 15) is 0 Å². The molecule has 3 aromatic rings. The molecule has 1 N–H and O–H groups in total. The van der Waals surface area contributed by atoms with Crippen LogP contribution in [0.4, 0.5) is 11.4 Å². The molecule has 0 bridgehead atoms. The van der Waals surface area contributed by atoms with Gasteiger partial charge in [-0.05, 0) is 47.1 Å². The van der Waals surface area contributed by atoms with Crippen molar-refractivity contribution in [2.24, 2.45) is 4.99 Å². The SMILES string of the molecule is CCc1ccc(N=Cc2ccccc2[CH2][Al]([CH3])[NH]c2ccccc2)cc1. The molecule has 0 atom stereocenters. The lowest BCUT2D eigenvalue weighted by molar-refractivity contribution is 1.14. The predicted molar refractivity (Wildman–Crippen MR) is 115 cm³/mol. The smallest absolute Gasteiger partial charge is 0.412 e. The topological polar surface area (TPSA) is 24.4 Å². The Bertz CT molecular complexity index is 842. The largest absolute Gasteiger partial charge is 0.476 e. The first-order chi connectivity index (χ1) is 12.7. The zero-order valence-electron chi connectivity index (χ0n) is 15.5. The monoisotopic (exact) mass is 356 g/mol. The average Bonchev–Trinajstić information content (AvgIpc) is 2.68. The second-order valence-electron chi connectivity index (χ2n) is 6.59. The first kappa shape index (κ1) is 18.5. The number of para-hydroxylation sites is 1. The van der Waals surface area contributed by atoms with E-state index in [1.54, 1.807) is 0 Å². The molecule has 0 fully saturated rings. The van der Waals surface area contributed by atoms with Gasteiger partial charge in [0.05, 0.1) is 5.69 Å². The zero-order valence-corrected chi connectivity index (χ0v) is 16.7. The number of hydrogen-bond donors (Lipinski definition) is 1. The number of aryl methyl sites for hydroxylation is 1. The molecule has 26 heavy (non-hydrogen) atoms. The van der Waals surface area contributed by atoms with Gasteiger partial charge in [-0.1, -0.05) is 72.9 Å². The molecule has 0 amide bonds. The van der Waals surface area contributed by atoms with Crippen molar-refractivity contribution in [2.45, 2.75) is 24.4 Å². The van der Waals surface area contributed by atoms with Gasteiger partial charge < -0.3 is 4.30 Å². The van der Waals surface area contributed by atoms with Crippen molar-refractivity contribution < 1.29 is 0 Å². The third kappa shape index (κ3) is 5.33. The van der Waals surface area contributed by atoms with E-state index in [2.05, 4.69) is 101 Å². The Morgan fingerprint density at radius 2 is 1.58 bits per heavy atom. The van der Waals surface area contributed by atoms with Gasteiger partial charge in [-0.3, -0.25) is 4.99 Å². The van der Waals surface area contributed by atoms with E-state index in [1.807, 2.05) is 6.21 Å². The van der Waals surface area contributed by atoms with E-state index >= 15 is 0 Å². The molecule has 2 nitrogen and oxygen atoms in total. The van der Waals surface area contributed by atoms with Gasteiger partial charge in [-0.15, -0.1) is 0 Å². The van der Waals surface area contributed by atoms with Crippen LogP contribution < -0.4 is 4.30 Å². The molecule has 3 aromatic carbocycles. The Morgan fingerprint density at radius 3 is 2.31 bits per heavy atom. The minimum absolute atomic E-state index is 1.00. The normalized spacial score (nSPS) is 10.8. The molecule has 0 saturated heterocycles. The van der Waals surface area contributed by atoms with Crippen LogP contribution in [0.2, 0.25) is 5.79 Å². The van der Waals surface area contributed by atoms with Gasteiger partial charge in [0.25, 0.3) is 0 Å². The van der Waals surface area contributed by atoms with Crippen LogP contribution in [0, 0.1) is 0 Å². The van der Waals surface area contributed by atoms with E-state index in [0.29, 0.717) is 0 Å². The van der Waals surface area contributed by atoms with E-state index in [1.165, 1.54) is 22.4 Å². The second-order valence-corrected chi connectivity index (χ2v) is 9.09. The highest BCUT2D eigenvalue weighted by Gasteiger charge is 2.14. The summed E-state index contributed by atoms with van der Waals surface area (Å²) in [5.74, 6) is 2.35. The predicted octanol–water partition coefficient (Wildman–Crippen LogP) is 5.81. The van der Waals surface area contributed by atoms with Crippen molar-refractivity contribution in [3.8, 4) is 0 Å². The summed E-state index contributed by atoms with van der Waals surface area (Å²) in [5, 5.41) is 1.09. The highest BCUT2D eigenvalue weighted by molar-refractivity contribution is 6.60. The van der Waals surface area contributed by atoms with Crippen molar-refractivity contribution >= 4 is 32.0 Å². The fraction of sp³-hybridized carbons (Fsp3) is 0.174. The molecular formula is C23H25AlN2. The third-order valence-electron chi connectivity index (χ3n) is 4.47. The summed E-state index contributed by atoms with van der Waals surface area (Å²) in [4.78, 5) is 4.67. The maximum Gasteiger partial charge on any atom is 0.412 e. The third-order valence-corrected chi connectivity index (χ3v) is 6.34. The van der Waals surface area contributed by atoms with Crippen LogP contribution in [-0.2, 0) is 11.7 Å². The molecule has 130 valence electrons. The molecule has 0 unspecified atom stereocenters. The van der Waals surface area contributed by atoms with Crippen LogP contribution in [0.25, 0.3) is 0 Å². The van der Waals surface area contributed by atoms with Crippen LogP contribution in [-0.4, -0.2) is 20.6 Å². The van der Waals surface area contributed by atoms with Gasteiger partial charge in [0.2, 0.25) is 0 Å². The van der Waals surface area contributed by atoms with Crippen molar-refractivity contribution in [3.63, 3.8) is 0 Å². The first-order valence-electron chi connectivity index (χ1n) is 9.27. The summed E-state index contributed by atoms with van der Waals surface area (Å²) in [6.45, 7) is 2.17. The number of aliphatic imine (C=N–C) groups is 1. The van der Waals surface area contributed by atoms with Gasteiger partial charge in [-0.2, -0.15) is 0 Å². The van der Waals surface area contributed by atoms with Crippen molar-refractivity contribution in [3.05, 3.63) is 95.6 Å². The molecule has 0 heterocycles. The van der Waals surface area contributed by atoms with Gasteiger partial charge in [0.15, 0.2) is 0 Å². The lowest BCUT2D eigenvalue weighted by Crippen LogP contribution is -2.24. The van der Waals surface area contributed by atoms with Gasteiger partial charge in [-0.25, -0.2) is 0 Å². The molecule has 0 aliphatic rings. The van der Waals surface area contributed by atoms with Crippen molar-refractivity contribution in [1.29, 1.82) is 0 Å². The second kappa shape index (κ2) is 9.38. The minimum Gasteiger partial charge on any atom is -0.476 e. The summed E-state index contributed by atoms with van der Waals surface area (Å²) in [5.41, 5.74) is 6.14. The Hall–Kier alpha value is -2.34. The maximum atomic E-state index is 4.67. The molecule has 0 spiro atoms. The van der Waals surface area contributed by atoms with Crippen LogP contribution in [0.5, 0.6) is 0 Å². The van der Waals surface area contributed by atoms with Crippen LogP contribution in [0.3, 0.4) is 0 Å². The zero-order chi connectivity index (χ0) is 18.2. The molecular weight excluding hydrogens is 331 g/mol. The first-order valence-corrected chi connectivity index (χ1v) is 11.8. The Morgan fingerprint density at radius 1 is 0.885 bits per heavy atom. The van der Waals surface area contributed by atoms with Crippen LogP contribution >= 0.6 is 0 Å². The number of nitrogens with one attached hydrogen (secondary N) is 1. The van der Waals surface area contributed by atoms with Crippen molar-refractivity contribution in [2.75, 3.05) is 4.30 Å².